The predicted molar refractivity (Wildman–Crippen MR) is 77.1 cm³/mol. The summed E-state index contributed by atoms with van der Waals surface area (Å²) in [6.45, 7) is 11.4. The molecule has 1 aliphatic carbocycles. The molecule has 0 fully saturated rings. The molecule has 1 aromatic rings. The Labute approximate surface area is 113 Å². The molecule has 96 valence electrons. The van der Waals surface area contributed by atoms with Crippen LogP contribution in [-0.2, 0) is 10.8 Å². The van der Waals surface area contributed by atoms with E-state index in [0.717, 1.165) is 0 Å². The van der Waals surface area contributed by atoms with Crippen LogP contribution >= 0.6 is 11.8 Å². The molecule has 1 spiro atoms. The van der Waals surface area contributed by atoms with E-state index < -0.39 is 0 Å². The first-order valence-electron chi connectivity index (χ1n) is 6.53. The zero-order valence-corrected chi connectivity index (χ0v) is 12.5. The van der Waals surface area contributed by atoms with Crippen LogP contribution in [0.1, 0.15) is 45.7 Å². The fourth-order valence-electron chi connectivity index (χ4n) is 3.72. The van der Waals surface area contributed by atoms with Crippen LogP contribution in [0.2, 0.25) is 0 Å². The van der Waals surface area contributed by atoms with Crippen LogP contribution in [0.5, 0.6) is 0 Å². The lowest BCUT2D eigenvalue weighted by molar-refractivity contribution is 0.289. The van der Waals surface area contributed by atoms with Crippen molar-refractivity contribution in [2.45, 2.75) is 55.7 Å². The van der Waals surface area contributed by atoms with Crippen molar-refractivity contribution in [1.82, 2.24) is 0 Å². The first-order valence-corrected chi connectivity index (χ1v) is 7.41. The molecule has 0 amide bonds. The van der Waals surface area contributed by atoms with E-state index in [4.69, 9.17) is 5.11 Å². The van der Waals surface area contributed by atoms with Gasteiger partial charge < -0.3 is 0 Å². The van der Waals surface area contributed by atoms with E-state index >= 15 is 0 Å². The lowest BCUT2D eigenvalue weighted by atomic mass is 9.75. The summed E-state index contributed by atoms with van der Waals surface area (Å²) in [6.07, 6.45) is 0. The van der Waals surface area contributed by atoms with Gasteiger partial charge in [0.15, 0.2) is 0 Å². The minimum Gasteiger partial charge on any atom is -0.178 e. The van der Waals surface area contributed by atoms with Gasteiger partial charge in [-0.05, 0) is 18.1 Å². The van der Waals surface area contributed by atoms with Gasteiger partial charge in [0.25, 0.3) is 0 Å². The van der Waals surface area contributed by atoms with Crippen molar-refractivity contribution in [2.75, 3.05) is 0 Å². The molecule has 18 heavy (non-hydrogen) atoms. The normalized spacial score (nSPS) is 29.7. The number of benzene rings is 1. The number of rotatable bonds is 0. The fourth-order valence-corrected chi connectivity index (χ4v) is 5.21. The minimum atomic E-state index is -0.164. The third-order valence-corrected chi connectivity index (χ3v) is 6.55. The number of azo groups is 1. The van der Waals surface area contributed by atoms with E-state index in [1.165, 1.54) is 11.1 Å². The average molecular weight is 260 g/mol. The Morgan fingerprint density at radius 2 is 1.50 bits per heavy atom. The van der Waals surface area contributed by atoms with E-state index in [9.17, 15) is 0 Å². The summed E-state index contributed by atoms with van der Waals surface area (Å²) < 4.78 is 0. The summed E-state index contributed by atoms with van der Waals surface area (Å²) in [5.41, 5.74) is 2.89. The van der Waals surface area contributed by atoms with Crippen LogP contribution in [0.4, 0.5) is 0 Å². The Hall–Kier alpha value is -0.830. The smallest absolute Gasteiger partial charge is 0.147 e. The first-order chi connectivity index (χ1) is 8.33. The van der Waals surface area contributed by atoms with Crippen LogP contribution in [0.15, 0.2) is 34.5 Å². The quantitative estimate of drug-likeness (QED) is 0.674. The van der Waals surface area contributed by atoms with Crippen LogP contribution < -0.4 is 0 Å². The van der Waals surface area contributed by atoms with Gasteiger partial charge in [-0.3, -0.25) is 0 Å². The number of hydrogen-bond acceptors (Lipinski definition) is 3. The zero-order chi connectivity index (χ0) is 13.2. The first kappa shape index (κ1) is 12.2. The van der Waals surface area contributed by atoms with Gasteiger partial charge in [-0.2, -0.15) is 10.2 Å². The molecule has 2 nitrogen and oxygen atoms in total. The van der Waals surface area contributed by atoms with Crippen molar-refractivity contribution in [3.05, 3.63) is 35.4 Å². The third-order valence-electron chi connectivity index (χ3n) is 4.67. The molecule has 1 aromatic carbocycles. The fraction of sp³-hybridized carbons (Fsp3) is 0.600. The van der Waals surface area contributed by atoms with Gasteiger partial charge in [0.2, 0.25) is 0 Å². The van der Waals surface area contributed by atoms with Crippen LogP contribution in [0.3, 0.4) is 0 Å². The SMILES string of the molecule is CC1N=NC2(S1)C(C)(C)c1ccccc1C2(C)C. The molecule has 2 aliphatic rings. The molecule has 0 saturated heterocycles. The van der Waals surface area contributed by atoms with E-state index in [-0.39, 0.29) is 21.1 Å². The van der Waals surface area contributed by atoms with Gasteiger partial charge >= 0.3 is 0 Å². The molecule has 1 heterocycles. The topological polar surface area (TPSA) is 24.7 Å². The highest BCUT2D eigenvalue weighted by Crippen LogP contribution is 2.66. The lowest BCUT2D eigenvalue weighted by Gasteiger charge is -2.42. The van der Waals surface area contributed by atoms with Crippen molar-refractivity contribution in [1.29, 1.82) is 0 Å². The van der Waals surface area contributed by atoms with Crippen molar-refractivity contribution in [3.8, 4) is 0 Å². The third kappa shape index (κ3) is 1.16. The maximum Gasteiger partial charge on any atom is 0.147 e. The van der Waals surface area contributed by atoms with E-state index in [0.29, 0.717) is 0 Å². The van der Waals surface area contributed by atoms with Gasteiger partial charge in [-0.25, -0.2) is 0 Å². The molecule has 0 aromatic heterocycles. The highest BCUT2D eigenvalue weighted by molar-refractivity contribution is 8.01. The lowest BCUT2D eigenvalue weighted by Crippen LogP contribution is -2.49. The minimum absolute atomic E-state index is 0.0199. The highest BCUT2D eigenvalue weighted by atomic mass is 32.2. The van der Waals surface area contributed by atoms with Gasteiger partial charge in [0.05, 0.1) is 0 Å². The summed E-state index contributed by atoms with van der Waals surface area (Å²) in [5.74, 6) is 0. The van der Waals surface area contributed by atoms with E-state index in [2.05, 4.69) is 64.0 Å². The largest absolute Gasteiger partial charge is 0.178 e. The monoisotopic (exact) mass is 260 g/mol. The van der Waals surface area contributed by atoms with E-state index in [1.807, 2.05) is 11.8 Å². The van der Waals surface area contributed by atoms with Crippen molar-refractivity contribution >= 4 is 11.8 Å². The number of nitrogens with zero attached hydrogens (tertiary/aromatic N) is 2. The average Bonchev–Trinajstić information content (AvgIpc) is 2.77. The maximum atomic E-state index is 4.76. The number of thioether (sulfide) groups is 1. The Bertz CT molecular complexity index is 496. The van der Waals surface area contributed by atoms with Gasteiger partial charge in [-0.15, -0.1) is 0 Å². The molecule has 3 heteroatoms. The Balaban J connectivity index is 2.29. The van der Waals surface area contributed by atoms with Crippen LogP contribution in [0.25, 0.3) is 0 Å². The second-order valence-electron chi connectivity index (χ2n) is 6.37. The molecular formula is C15H20N2S. The van der Waals surface area contributed by atoms with Crippen molar-refractivity contribution in [3.63, 3.8) is 0 Å². The van der Waals surface area contributed by atoms with Crippen molar-refractivity contribution < 1.29 is 0 Å². The Morgan fingerprint density at radius 1 is 1.00 bits per heavy atom. The second kappa shape index (κ2) is 3.38. The molecule has 0 N–H and O–H groups in total. The van der Waals surface area contributed by atoms with Gasteiger partial charge in [0, 0.05) is 10.8 Å². The molecular weight excluding hydrogens is 240 g/mol. The Morgan fingerprint density at radius 3 is 1.89 bits per heavy atom. The van der Waals surface area contributed by atoms with Crippen LogP contribution in [0, 0.1) is 0 Å². The summed E-state index contributed by atoms with van der Waals surface area (Å²) in [6, 6.07) is 8.78. The zero-order valence-electron chi connectivity index (χ0n) is 11.7. The van der Waals surface area contributed by atoms with E-state index in [1.54, 1.807) is 0 Å². The molecule has 0 radical (unpaired) electrons. The number of hydrogen-bond donors (Lipinski definition) is 0. The molecule has 0 bridgehead atoms. The van der Waals surface area contributed by atoms with Crippen molar-refractivity contribution in [2.24, 2.45) is 10.2 Å². The molecule has 1 unspecified atom stereocenters. The second-order valence-corrected chi connectivity index (χ2v) is 7.88. The van der Waals surface area contributed by atoms with Gasteiger partial charge in [-0.1, -0.05) is 63.7 Å². The summed E-state index contributed by atoms with van der Waals surface area (Å²) in [4.78, 5) is -0.164. The summed E-state index contributed by atoms with van der Waals surface area (Å²) in [5, 5.41) is 9.45. The van der Waals surface area contributed by atoms with Crippen LogP contribution in [-0.4, -0.2) is 10.2 Å². The predicted octanol–water partition coefficient (Wildman–Crippen LogP) is 4.50. The molecule has 0 saturated carbocycles. The Kier molecular flexibility index (Phi) is 2.30. The molecule has 1 atom stereocenters. The highest BCUT2D eigenvalue weighted by Gasteiger charge is 2.65. The summed E-state index contributed by atoms with van der Waals surface area (Å²) >= 11 is 1.91. The summed E-state index contributed by atoms with van der Waals surface area (Å²) in [7, 11) is 0. The van der Waals surface area contributed by atoms with Gasteiger partial charge in [0.1, 0.15) is 10.2 Å². The maximum absolute atomic E-state index is 4.76. The number of fused-ring (bicyclic) bond motifs is 1. The molecule has 3 rings (SSSR count). The standard InChI is InChI=1S/C15H20N2S/c1-10-16-17-15(18-10)13(2,3)11-8-6-7-9-12(11)14(15,4)5/h6-10H,1-5H3. The molecule has 1 aliphatic heterocycles.